The fourth-order valence-electron chi connectivity index (χ4n) is 4.96. The van der Waals surface area contributed by atoms with Crippen LogP contribution in [0.5, 0.6) is 0 Å². The third-order valence-electron chi connectivity index (χ3n) is 6.46. The molecular formula is C30H25Cl2NO3. The van der Waals surface area contributed by atoms with Crippen LogP contribution in [0.4, 0.5) is 0 Å². The number of fused-ring (bicyclic) bond motifs is 1. The van der Waals surface area contributed by atoms with Gasteiger partial charge in [-0.1, -0.05) is 85.6 Å². The van der Waals surface area contributed by atoms with Gasteiger partial charge in [0.2, 0.25) is 5.78 Å². The molecule has 182 valence electrons. The van der Waals surface area contributed by atoms with Crippen molar-refractivity contribution in [2.45, 2.75) is 26.8 Å². The summed E-state index contributed by atoms with van der Waals surface area (Å²) < 4.78 is 7.57. The van der Waals surface area contributed by atoms with Gasteiger partial charge in [-0.15, -0.1) is 0 Å². The van der Waals surface area contributed by atoms with Crippen molar-refractivity contribution >= 4 is 35.0 Å². The van der Waals surface area contributed by atoms with Gasteiger partial charge in [0.05, 0.1) is 11.3 Å². The lowest BCUT2D eigenvalue weighted by Crippen LogP contribution is -2.20. The van der Waals surface area contributed by atoms with E-state index in [9.17, 15) is 9.59 Å². The van der Waals surface area contributed by atoms with Gasteiger partial charge >= 0.3 is 5.97 Å². The van der Waals surface area contributed by atoms with Gasteiger partial charge in [-0.05, 0) is 53.3 Å². The molecule has 0 unspecified atom stereocenters. The van der Waals surface area contributed by atoms with E-state index in [1.807, 2.05) is 42.5 Å². The predicted octanol–water partition coefficient (Wildman–Crippen LogP) is 7.75. The van der Waals surface area contributed by atoms with Crippen LogP contribution < -0.4 is 0 Å². The SMILES string of the molecule is CC1(C)Cc2c(-c3ccccc3)c(-c3ccc(Cl)cc3)c(C(=O)COC(=O)c3cccc(Cl)c3)n2C1. The number of ether oxygens (including phenoxy) is 1. The van der Waals surface area contributed by atoms with Gasteiger partial charge in [-0.25, -0.2) is 4.79 Å². The lowest BCUT2D eigenvalue weighted by Gasteiger charge is -2.19. The van der Waals surface area contributed by atoms with Crippen LogP contribution in [-0.2, 0) is 17.7 Å². The lowest BCUT2D eigenvalue weighted by molar-refractivity contribution is 0.0472. The molecule has 5 rings (SSSR count). The number of halogens is 2. The summed E-state index contributed by atoms with van der Waals surface area (Å²) in [5, 5.41) is 1.05. The summed E-state index contributed by atoms with van der Waals surface area (Å²) in [5.41, 5.74) is 5.77. The molecule has 0 spiro atoms. The quantitative estimate of drug-likeness (QED) is 0.194. The fourth-order valence-corrected chi connectivity index (χ4v) is 5.28. The number of nitrogens with zero attached hydrogens (tertiary/aromatic N) is 1. The van der Waals surface area contributed by atoms with Crippen molar-refractivity contribution in [3.05, 3.63) is 106 Å². The first-order chi connectivity index (χ1) is 17.2. The molecule has 0 aliphatic carbocycles. The van der Waals surface area contributed by atoms with Crippen molar-refractivity contribution in [1.29, 1.82) is 0 Å². The third kappa shape index (κ3) is 4.71. The lowest BCUT2D eigenvalue weighted by atomic mass is 9.86. The van der Waals surface area contributed by atoms with E-state index < -0.39 is 5.97 Å². The zero-order valence-electron chi connectivity index (χ0n) is 20.1. The van der Waals surface area contributed by atoms with Crippen LogP contribution in [0, 0.1) is 5.41 Å². The summed E-state index contributed by atoms with van der Waals surface area (Å²) in [4.78, 5) is 26.4. The highest BCUT2D eigenvalue weighted by Gasteiger charge is 2.38. The predicted molar refractivity (Wildman–Crippen MR) is 144 cm³/mol. The van der Waals surface area contributed by atoms with Gasteiger partial charge in [-0.3, -0.25) is 4.79 Å². The minimum absolute atomic E-state index is 0.0100. The molecule has 4 aromatic rings. The van der Waals surface area contributed by atoms with Crippen LogP contribution in [-0.4, -0.2) is 22.9 Å². The molecule has 0 N–H and O–H groups in total. The van der Waals surface area contributed by atoms with Crippen molar-refractivity contribution in [2.24, 2.45) is 5.41 Å². The molecule has 1 aliphatic heterocycles. The van der Waals surface area contributed by atoms with Crippen molar-refractivity contribution in [1.82, 2.24) is 4.57 Å². The standard InChI is InChI=1S/C30H25Cl2NO3/c1-30(2)16-24-26(19-7-4-3-5-8-19)27(20-11-13-22(31)14-12-20)28(33(24)18-30)25(34)17-36-29(35)21-9-6-10-23(32)15-21/h3-15H,16-18H2,1-2H3. The molecule has 2 heterocycles. The number of aromatic nitrogens is 1. The summed E-state index contributed by atoms with van der Waals surface area (Å²) >= 11 is 12.2. The summed E-state index contributed by atoms with van der Waals surface area (Å²) in [6, 6.07) is 24.1. The molecule has 0 bridgehead atoms. The number of carbonyl (C=O) groups is 2. The summed E-state index contributed by atoms with van der Waals surface area (Å²) in [6.45, 7) is 4.72. The number of hydrogen-bond donors (Lipinski definition) is 0. The molecule has 0 fully saturated rings. The molecule has 0 atom stereocenters. The van der Waals surface area contributed by atoms with Crippen LogP contribution in [0.2, 0.25) is 10.0 Å². The first-order valence-corrected chi connectivity index (χ1v) is 12.5. The summed E-state index contributed by atoms with van der Waals surface area (Å²) in [6.07, 6.45) is 0.827. The van der Waals surface area contributed by atoms with E-state index in [0.29, 0.717) is 27.8 Å². The Morgan fingerprint density at radius 3 is 2.25 bits per heavy atom. The Morgan fingerprint density at radius 2 is 1.56 bits per heavy atom. The van der Waals surface area contributed by atoms with E-state index in [4.69, 9.17) is 27.9 Å². The molecule has 0 amide bonds. The zero-order chi connectivity index (χ0) is 25.4. The first kappa shape index (κ1) is 24.4. The molecule has 0 saturated carbocycles. The normalized spacial score (nSPS) is 13.9. The summed E-state index contributed by atoms with van der Waals surface area (Å²) in [7, 11) is 0. The van der Waals surface area contributed by atoms with Crippen LogP contribution >= 0.6 is 23.2 Å². The molecule has 0 radical (unpaired) electrons. The summed E-state index contributed by atoms with van der Waals surface area (Å²) in [5.74, 6) is -0.841. The maximum atomic E-state index is 13.8. The molecular weight excluding hydrogens is 493 g/mol. The number of ketones is 1. The van der Waals surface area contributed by atoms with Crippen LogP contribution in [0.25, 0.3) is 22.3 Å². The van der Waals surface area contributed by atoms with E-state index in [-0.39, 0.29) is 17.8 Å². The molecule has 6 heteroatoms. The van der Waals surface area contributed by atoms with Gasteiger partial charge in [0.25, 0.3) is 0 Å². The highest BCUT2D eigenvalue weighted by atomic mass is 35.5. The highest BCUT2D eigenvalue weighted by Crippen LogP contribution is 2.47. The number of rotatable bonds is 6. The average molecular weight is 518 g/mol. The van der Waals surface area contributed by atoms with E-state index >= 15 is 0 Å². The Bertz CT molecular complexity index is 1450. The maximum Gasteiger partial charge on any atom is 0.338 e. The Kier molecular flexibility index (Phi) is 6.50. The fraction of sp³-hybridized carbons (Fsp3) is 0.200. The van der Waals surface area contributed by atoms with E-state index in [1.54, 1.807) is 18.2 Å². The average Bonchev–Trinajstić information content (AvgIpc) is 3.33. The van der Waals surface area contributed by atoms with Gasteiger partial charge < -0.3 is 9.30 Å². The minimum atomic E-state index is -0.587. The molecule has 0 saturated heterocycles. The van der Waals surface area contributed by atoms with Crippen molar-refractivity contribution in [2.75, 3.05) is 6.61 Å². The zero-order valence-corrected chi connectivity index (χ0v) is 21.6. The van der Waals surface area contributed by atoms with Crippen LogP contribution in [0.3, 0.4) is 0 Å². The second kappa shape index (κ2) is 9.61. The van der Waals surface area contributed by atoms with Crippen molar-refractivity contribution < 1.29 is 14.3 Å². The molecule has 36 heavy (non-hydrogen) atoms. The Hall–Kier alpha value is -3.34. The molecule has 1 aliphatic rings. The van der Waals surface area contributed by atoms with E-state index in [2.05, 4.69) is 30.5 Å². The van der Waals surface area contributed by atoms with Crippen LogP contribution in [0.15, 0.2) is 78.9 Å². The number of carbonyl (C=O) groups excluding carboxylic acids is 2. The highest BCUT2D eigenvalue weighted by molar-refractivity contribution is 6.31. The topological polar surface area (TPSA) is 48.3 Å². The number of benzene rings is 3. The second-order valence-corrected chi connectivity index (χ2v) is 10.7. The van der Waals surface area contributed by atoms with Crippen molar-refractivity contribution in [3.8, 4) is 22.3 Å². The van der Waals surface area contributed by atoms with Gasteiger partial charge in [-0.2, -0.15) is 0 Å². The van der Waals surface area contributed by atoms with Gasteiger partial charge in [0, 0.05) is 33.4 Å². The maximum absolute atomic E-state index is 13.8. The first-order valence-electron chi connectivity index (χ1n) is 11.8. The van der Waals surface area contributed by atoms with Gasteiger partial charge in [0.15, 0.2) is 6.61 Å². The van der Waals surface area contributed by atoms with E-state index in [0.717, 1.165) is 34.4 Å². The number of hydrogen-bond acceptors (Lipinski definition) is 3. The Labute approximate surface area is 220 Å². The van der Waals surface area contributed by atoms with Crippen molar-refractivity contribution in [3.63, 3.8) is 0 Å². The van der Waals surface area contributed by atoms with Gasteiger partial charge in [0.1, 0.15) is 0 Å². The minimum Gasteiger partial charge on any atom is -0.454 e. The molecule has 4 nitrogen and oxygen atoms in total. The van der Waals surface area contributed by atoms with E-state index in [1.165, 1.54) is 6.07 Å². The monoisotopic (exact) mass is 517 g/mol. The number of esters is 1. The van der Waals surface area contributed by atoms with Crippen LogP contribution in [0.1, 0.15) is 40.4 Å². The smallest absolute Gasteiger partial charge is 0.338 e. The second-order valence-electron chi connectivity index (χ2n) is 9.86. The molecule has 1 aromatic heterocycles. The third-order valence-corrected chi connectivity index (χ3v) is 6.94. The Morgan fingerprint density at radius 1 is 0.861 bits per heavy atom. The number of Topliss-reactive ketones (excluding diaryl/α,β-unsaturated/α-hetero) is 1. The Balaban J connectivity index is 1.61. The largest absolute Gasteiger partial charge is 0.454 e. The molecule has 3 aromatic carbocycles.